The number of rotatable bonds is 4. The van der Waals surface area contributed by atoms with Crippen LogP contribution in [0, 0.1) is 30.6 Å². The number of carbonyl (C=O) groups excluding carboxylic acids is 1. The van der Waals surface area contributed by atoms with Crippen molar-refractivity contribution in [3.63, 3.8) is 0 Å². The second kappa shape index (κ2) is 5.16. The zero-order valence-electron chi connectivity index (χ0n) is 12.4. The molecule has 21 heavy (non-hydrogen) atoms. The molecule has 2 fully saturated rings. The molecular weight excluding hydrogens is 270 g/mol. The number of aromatic nitrogens is 2. The van der Waals surface area contributed by atoms with Gasteiger partial charge >= 0.3 is 5.97 Å². The second-order valence-electron chi connectivity index (χ2n) is 6.35. The van der Waals surface area contributed by atoms with Crippen LogP contribution in [0.5, 0.6) is 0 Å². The lowest BCUT2D eigenvalue weighted by atomic mass is 9.78. The quantitative estimate of drug-likeness (QED) is 0.869. The summed E-state index contributed by atoms with van der Waals surface area (Å²) in [7, 11) is 1.84. The van der Waals surface area contributed by atoms with Gasteiger partial charge in [0.05, 0.1) is 17.5 Å². The largest absolute Gasteiger partial charge is 0.481 e. The summed E-state index contributed by atoms with van der Waals surface area (Å²) in [6.07, 6.45) is 4.71. The fourth-order valence-corrected chi connectivity index (χ4v) is 4.15. The van der Waals surface area contributed by atoms with Gasteiger partial charge in [-0.05, 0) is 38.0 Å². The molecule has 0 aliphatic heterocycles. The van der Waals surface area contributed by atoms with Crippen LogP contribution in [0.3, 0.4) is 0 Å². The van der Waals surface area contributed by atoms with Crippen LogP contribution in [-0.4, -0.2) is 26.8 Å². The van der Waals surface area contributed by atoms with Gasteiger partial charge in [0.2, 0.25) is 5.91 Å². The Balaban J connectivity index is 1.67. The van der Waals surface area contributed by atoms with E-state index < -0.39 is 11.9 Å². The monoisotopic (exact) mass is 291 g/mol. The van der Waals surface area contributed by atoms with Crippen molar-refractivity contribution in [2.45, 2.75) is 32.7 Å². The first-order chi connectivity index (χ1) is 9.97. The van der Waals surface area contributed by atoms with Gasteiger partial charge in [-0.3, -0.25) is 14.3 Å². The number of aliphatic carboxylic acids is 1. The van der Waals surface area contributed by atoms with Crippen molar-refractivity contribution < 1.29 is 14.7 Å². The Kier molecular flexibility index (Phi) is 3.47. The molecule has 0 spiro atoms. The lowest BCUT2D eigenvalue weighted by molar-refractivity contribution is -0.149. The Morgan fingerprint density at radius 2 is 2.05 bits per heavy atom. The molecule has 6 heteroatoms. The molecular formula is C15H21N3O3. The van der Waals surface area contributed by atoms with Crippen LogP contribution in [0.25, 0.3) is 0 Å². The van der Waals surface area contributed by atoms with Gasteiger partial charge in [-0.25, -0.2) is 0 Å². The molecule has 3 rings (SSSR count). The van der Waals surface area contributed by atoms with E-state index in [1.54, 1.807) is 4.68 Å². The summed E-state index contributed by atoms with van der Waals surface area (Å²) in [5.74, 6) is -1.37. The molecule has 2 saturated carbocycles. The van der Waals surface area contributed by atoms with Crippen LogP contribution in [0.4, 0.5) is 0 Å². The van der Waals surface area contributed by atoms with Crippen molar-refractivity contribution in [3.05, 3.63) is 17.5 Å². The van der Waals surface area contributed by atoms with Crippen LogP contribution in [-0.2, 0) is 23.2 Å². The summed E-state index contributed by atoms with van der Waals surface area (Å²) in [6, 6.07) is 0. The second-order valence-corrected chi connectivity index (χ2v) is 6.35. The lowest BCUT2D eigenvalue weighted by Crippen LogP contribution is -2.41. The summed E-state index contributed by atoms with van der Waals surface area (Å²) in [6.45, 7) is 2.32. The highest BCUT2D eigenvalue weighted by atomic mass is 16.4. The van der Waals surface area contributed by atoms with Crippen molar-refractivity contribution in [1.82, 2.24) is 15.1 Å². The van der Waals surface area contributed by atoms with Crippen molar-refractivity contribution in [3.8, 4) is 0 Å². The van der Waals surface area contributed by atoms with E-state index in [-0.39, 0.29) is 23.7 Å². The van der Waals surface area contributed by atoms with Gasteiger partial charge in [-0.1, -0.05) is 0 Å². The average Bonchev–Trinajstić information content (AvgIpc) is 3.09. The summed E-state index contributed by atoms with van der Waals surface area (Å²) in [5.41, 5.74) is 1.86. The SMILES string of the molecule is Cc1nn(C)cc1CNC(=O)[C@H]1[C@H]2CC[C@@H](C2)[C@H]1C(=O)O. The highest BCUT2D eigenvalue weighted by molar-refractivity contribution is 5.86. The number of hydrogen-bond donors (Lipinski definition) is 2. The summed E-state index contributed by atoms with van der Waals surface area (Å²) < 4.78 is 1.72. The third-order valence-electron chi connectivity index (χ3n) is 5.07. The van der Waals surface area contributed by atoms with E-state index >= 15 is 0 Å². The van der Waals surface area contributed by atoms with Crippen molar-refractivity contribution in [2.24, 2.45) is 30.7 Å². The van der Waals surface area contributed by atoms with E-state index in [1.807, 2.05) is 20.2 Å². The zero-order valence-corrected chi connectivity index (χ0v) is 12.4. The molecule has 0 unspecified atom stereocenters. The van der Waals surface area contributed by atoms with Gasteiger partial charge in [0, 0.05) is 25.4 Å². The van der Waals surface area contributed by atoms with E-state index in [2.05, 4.69) is 10.4 Å². The Morgan fingerprint density at radius 1 is 1.38 bits per heavy atom. The van der Waals surface area contributed by atoms with Crippen LogP contribution in [0.15, 0.2) is 6.20 Å². The minimum absolute atomic E-state index is 0.113. The molecule has 0 aromatic carbocycles. The van der Waals surface area contributed by atoms with Crippen LogP contribution in [0.2, 0.25) is 0 Å². The van der Waals surface area contributed by atoms with Gasteiger partial charge < -0.3 is 10.4 Å². The first-order valence-electron chi connectivity index (χ1n) is 7.47. The minimum atomic E-state index is -0.820. The number of carboxylic acids is 1. The van der Waals surface area contributed by atoms with E-state index in [1.165, 1.54) is 0 Å². The highest BCUT2D eigenvalue weighted by Crippen LogP contribution is 2.52. The third-order valence-corrected chi connectivity index (χ3v) is 5.07. The van der Waals surface area contributed by atoms with Crippen molar-refractivity contribution in [1.29, 1.82) is 0 Å². The maximum atomic E-state index is 12.4. The molecule has 0 radical (unpaired) electrons. The molecule has 2 aliphatic carbocycles. The van der Waals surface area contributed by atoms with Gasteiger partial charge in [-0.15, -0.1) is 0 Å². The zero-order chi connectivity index (χ0) is 15.1. The highest BCUT2D eigenvalue weighted by Gasteiger charge is 2.53. The fraction of sp³-hybridized carbons (Fsp3) is 0.667. The number of nitrogens with one attached hydrogen (secondary N) is 1. The van der Waals surface area contributed by atoms with Crippen LogP contribution < -0.4 is 5.32 Å². The maximum absolute atomic E-state index is 12.4. The van der Waals surface area contributed by atoms with E-state index in [0.717, 1.165) is 30.5 Å². The van der Waals surface area contributed by atoms with Crippen molar-refractivity contribution in [2.75, 3.05) is 0 Å². The Hall–Kier alpha value is -1.85. The number of carboxylic acid groups (broad SMARTS) is 1. The number of amides is 1. The number of aryl methyl sites for hydroxylation is 2. The maximum Gasteiger partial charge on any atom is 0.307 e. The Morgan fingerprint density at radius 3 is 2.62 bits per heavy atom. The normalized spacial score (nSPS) is 30.6. The first kappa shape index (κ1) is 14.1. The van der Waals surface area contributed by atoms with Crippen LogP contribution >= 0.6 is 0 Å². The fourth-order valence-electron chi connectivity index (χ4n) is 4.15. The van der Waals surface area contributed by atoms with Gasteiger partial charge in [0.25, 0.3) is 0 Å². The van der Waals surface area contributed by atoms with E-state index in [9.17, 15) is 14.7 Å². The number of hydrogen-bond acceptors (Lipinski definition) is 3. The third kappa shape index (κ3) is 2.43. The topological polar surface area (TPSA) is 84.2 Å². The molecule has 6 nitrogen and oxygen atoms in total. The predicted molar refractivity (Wildman–Crippen MR) is 75.2 cm³/mol. The average molecular weight is 291 g/mol. The first-order valence-corrected chi connectivity index (χ1v) is 7.47. The minimum Gasteiger partial charge on any atom is -0.481 e. The smallest absolute Gasteiger partial charge is 0.307 e. The number of nitrogens with zero attached hydrogens (tertiary/aromatic N) is 2. The Labute approximate surface area is 123 Å². The summed E-state index contributed by atoms with van der Waals surface area (Å²) >= 11 is 0. The molecule has 1 aromatic rings. The molecule has 4 atom stereocenters. The Bertz CT molecular complexity index is 581. The molecule has 2 aliphatic rings. The molecule has 0 saturated heterocycles. The molecule has 2 N–H and O–H groups in total. The van der Waals surface area contributed by atoms with Gasteiger partial charge in [-0.2, -0.15) is 5.10 Å². The number of fused-ring (bicyclic) bond motifs is 2. The molecule has 1 amide bonds. The summed E-state index contributed by atoms with van der Waals surface area (Å²) in [5, 5.41) is 16.5. The van der Waals surface area contributed by atoms with Crippen LogP contribution in [0.1, 0.15) is 30.5 Å². The summed E-state index contributed by atoms with van der Waals surface area (Å²) in [4.78, 5) is 23.9. The number of carbonyl (C=O) groups is 2. The molecule has 1 heterocycles. The molecule has 1 aromatic heterocycles. The van der Waals surface area contributed by atoms with E-state index in [0.29, 0.717) is 6.54 Å². The molecule has 114 valence electrons. The van der Waals surface area contributed by atoms with Crippen molar-refractivity contribution >= 4 is 11.9 Å². The van der Waals surface area contributed by atoms with Gasteiger partial charge in [0.1, 0.15) is 0 Å². The van der Waals surface area contributed by atoms with E-state index in [4.69, 9.17) is 0 Å². The lowest BCUT2D eigenvalue weighted by Gasteiger charge is -2.27. The van der Waals surface area contributed by atoms with Gasteiger partial charge in [0.15, 0.2) is 0 Å². The molecule has 2 bridgehead atoms. The standard InChI is InChI=1S/C15H21N3O3/c1-8-11(7-18(2)17-8)6-16-14(19)12-9-3-4-10(5-9)13(12)15(20)21/h7,9-10,12-13H,3-6H2,1-2H3,(H,16,19)(H,20,21)/t9-,10-,12-,13+/m0/s1. The predicted octanol–water partition coefficient (Wildman–Crippen LogP) is 1.09.